The molecule has 3 nitrogen and oxygen atoms in total. The minimum Gasteiger partial charge on any atom is -0.296 e. The van der Waals surface area contributed by atoms with Crippen molar-refractivity contribution in [2.75, 3.05) is 13.1 Å². The Hall–Kier alpha value is -1.56. The largest absolute Gasteiger partial charge is 0.296 e. The number of piperazine rings is 1. The Morgan fingerprint density at radius 1 is 1.04 bits per heavy atom. The van der Waals surface area contributed by atoms with Gasteiger partial charge in [0.25, 0.3) is 0 Å². The van der Waals surface area contributed by atoms with Crippen LogP contribution in [0.2, 0.25) is 5.02 Å². The third-order valence-electron chi connectivity index (χ3n) is 4.96. The normalized spacial score (nSPS) is 24.0. The van der Waals surface area contributed by atoms with Crippen LogP contribution in [0.3, 0.4) is 0 Å². The summed E-state index contributed by atoms with van der Waals surface area (Å²) in [5.41, 5.74) is 1.87. The van der Waals surface area contributed by atoms with Gasteiger partial charge in [-0.3, -0.25) is 14.8 Å². The molecule has 1 aromatic heterocycles. The topological polar surface area (TPSA) is 19.4 Å². The fourth-order valence-electron chi connectivity index (χ4n) is 3.81. The average Bonchev–Trinajstić information content (AvgIpc) is 2.54. The maximum atomic E-state index is 13.2. The van der Waals surface area contributed by atoms with E-state index in [1.165, 1.54) is 24.8 Å². The van der Waals surface area contributed by atoms with Crippen LogP contribution in [0.4, 0.5) is 8.78 Å². The van der Waals surface area contributed by atoms with Crippen LogP contribution in [-0.2, 0) is 13.1 Å². The predicted molar refractivity (Wildman–Crippen MR) is 88.6 cm³/mol. The number of fused-ring (bicyclic) bond motifs is 2. The molecule has 0 N–H and O–H groups in total. The SMILES string of the molecule is Fc1cncc(CN2CC3CC(C2)N3Cc2ccc(F)cc2Cl)c1. The van der Waals surface area contributed by atoms with Crippen molar-refractivity contribution in [2.45, 2.75) is 31.6 Å². The first kappa shape index (κ1) is 15.9. The van der Waals surface area contributed by atoms with Crippen LogP contribution in [0.1, 0.15) is 17.5 Å². The molecule has 2 aromatic rings. The predicted octanol–water partition coefficient (Wildman–Crippen LogP) is 3.47. The summed E-state index contributed by atoms with van der Waals surface area (Å²) in [4.78, 5) is 8.69. The molecule has 0 spiro atoms. The van der Waals surface area contributed by atoms with Gasteiger partial charge in [0.05, 0.1) is 6.20 Å². The molecular formula is C18H18ClF2N3. The van der Waals surface area contributed by atoms with Crippen molar-refractivity contribution in [3.8, 4) is 0 Å². The van der Waals surface area contributed by atoms with Gasteiger partial charge in [-0.15, -0.1) is 0 Å². The highest BCUT2D eigenvalue weighted by atomic mass is 35.5. The Morgan fingerprint density at radius 2 is 1.83 bits per heavy atom. The van der Waals surface area contributed by atoms with Gasteiger partial charge in [-0.2, -0.15) is 0 Å². The molecule has 2 unspecified atom stereocenters. The van der Waals surface area contributed by atoms with E-state index in [2.05, 4.69) is 14.8 Å². The van der Waals surface area contributed by atoms with E-state index in [4.69, 9.17) is 11.6 Å². The number of rotatable bonds is 4. The third kappa shape index (κ3) is 3.16. The Labute approximate surface area is 144 Å². The van der Waals surface area contributed by atoms with E-state index < -0.39 is 0 Å². The summed E-state index contributed by atoms with van der Waals surface area (Å²) in [6.07, 6.45) is 4.13. The van der Waals surface area contributed by atoms with Gasteiger partial charge in [0.1, 0.15) is 11.6 Å². The van der Waals surface area contributed by atoms with Gasteiger partial charge in [0.15, 0.2) is 0 Å². The van der Waals surface area contributed by atoms with E-state index in [9.17, 15) is 8.78 Å². The monoisotopic (exact) mass is 349 g/mol. The van der Waals surface area contributed by atoms with Crippen molar-refractivity contribution in [3.63, 3.8) is 0 Å². The highest BCUT2D eigenvalue weighted by molar-refractivity contribution is 6.31. The lowest BCUT2D eigenvalue weighted by Gasteiger charge is -2.56. The lowest BCUT2D eigenvalue weighted by atomic mass is 9.86. The van der Waals surface area contributed by atoms with Gasteiger partial charge in [-0.05, 0) is 35.7 Å². The van der Waals surface area contributed by atoms with Crippen molar-refractivity contribution in [3.05, 3.63) is 64.4 Å². The molecule has 3 fully saturated rings. The zero-order valence-electron chi connectivity index (χ0n) is 13.1. The van der Waals surface area contributed by atoms with Crippen LogP contribution in [0.5, 0.6) is 0 Å². The Balaban J connectivity index is 1.38. The van der Waals surface area contributed by atoms with Crippen molar-refractivity contribution < 1.29 is 8.78 Å². The number of nitrogens with zero attached hydrogens (tertiary/aromatic N) is 3. The molecule has 0 radical (unpaired) electrons. The molecule has 2 bridgehead atoms. The minimum absolute atomic E-state index is 0.290. The number of halogens is 3. The molecule has 3 aliphatic heterocycles. The first-order chi connectivity index (χ1) is 11.6. The second-order valence-electron chi connectivity index (χ2n) is 6.66. The quantitative estimate of drug-likeness (QED) is 0.842. The lowest BCUT2D eigenvalue weighted by molar-refractivity contribution is -0.0774. The summed E-state index contributed by atoms with van der Waals surface area (Å²) in [6, 6.07) is 7.10. The Bertz CT molecular complexity index is 743. The summed E-state index contributed by atoms with van der Waals surface area (Å²) < 4.78 is 26.4. The van der Waals surface area contributed by atoms with Crippen molar-refractivity contribution >= 4 is 11.6 Å². The molecule has 3 aliphatic rings. The highest BCUT2D eigenvalue weighted by Crippen LogP contribution is 2.35. The van der Waals surface area contributed by atoms with Crippen LogP contribution < -0.4 is 0 Å². The minimum atomic E-state index is -0.303. The van der Waals surface area contributed by atoms with Gasteiger partial charge in [0, 0.05) is 49.5 Å². The van der Waals surface area contributed by atoms with E-state index in [1.807, 2.05) is 0 Å². The average molecular weight is 350 g/mol. The molecule has 24 heavy (non-hydrogen) atoms. The standard InChI is InChI=1S/C18H18ClF2N3/c19-18-4-14(20)2-1-13(18)9-24-16-5-17(24)11-23(10-16)8-12-3-15(21)7-22-6-12/h1-4,6-7,16-17H,5,8-11H2. The van der Waals surface area contributed by atoms with Gasteiger partial charge < -0.3 is 0 Å². The number of hydrogen-bond donors (Lipinski definition) is 0. The van der Waals surface area contributed by atoms with Crippen LogP contribution >= 0.6 is 11.6 Å². The van der Waals surface area contributed by atoms with E-state index in [1.54, 1.807) is 18.3 Å². The summed E-state index contributed by atoms with van der Waals surface area (Å²) >= 11 is 6.14. The zero-order chi connectivity index (χ0) is 16.7. The van der Waals surface area contributed by atoms with Crippen LogP contribution in [0.15, 0.2) is 36.7 Å². The highest BCUT2D eigenvalue weighted by Gasteiger charge is 2.44. The molecule has 2 atom stereocenters. The Kier molecular flexibility index (Phi) is 4.24. The van der Waals surface area contributed by atoms with Crippen LogP contribution in [0.25, 0.3) is 0 Å². The maximum Gasteiger partial charge on any atom is 0.141 e. The second-order valence-corrected chi connectivity index (χ2v) is 7.06. The molecule has 1 aromatic carbocycles. The molecular weight excluding hydrogens is 332 g/mol. The van der Waals surface area contributed by atoms with E-state index in [-0.39, 0.29) is 11.6 Å². The number of piperidine rings is 1. The third-order valence-corrected chi connectivity index (χ3v) is 5.31. The summed E-state index contributed by atoms with van der Waals surface area (Å²) in [7, 11) is 0. The Morgan fingerprint density at radius 3 is 2.54 bits per heavy atom. The first-order valence-corrected chi connectivity index (χ1v) is 8.48. The summed E-state index contributed by atoms with van der Waals surface area (Å²) in [6.45, 7) is 3.38. The smallest absolute Gasteiger partial charge is 0.141 e. The van der Waals surface area contributed by atoms with Crippen molar-refractivity contribution in [1.82, 2.24) is 14.8 Å². The molecule has 4 heterocycles. The number of hydrogen-bond acceptors (Lipinski definition) is 3. The van der Waals surface area contributed by atoms with Crippen LogP contribution in [-0.4, -0.2) is 40.0 Å². The van der Waals surface area contributed by atoms with Crippen molar-refractivity contribution in [2.24, 2.45) is 0 Å². The molecule has 0 amide bonds. The van der Waals surface area contributed by atoms with Crippen LogP contribution in [0, 0.1) is 11.6 Å². The molecule has 0 saturated carbocycles. The number of benzene rings is 1. The van der Waals surface area contributed by atoms with Gasteiger partial charge in [0.2, 0.25) is 0 Å². The molecule has 0 aliphatic carbocycles. The number of aromatic nitrogens is 1. The van der Waals surface area contributed by atoms with Gasteiger partial charge in [-0.1, -0.05) is 17.7 Å². The van der Waals surface area contributed by atoms with E-state index in [0.29, 0.717) is 17.1 Å². The maximum absolute atomic E-state index is 13.2. The molecule has 3 saturated heterocycles. The number of pyridine rings is 1. The zero-order valence-corrected chi connectivity index (χ0v) is 13.9. The molecule has 6 heteroatoms. The van der Waals surface area contributed by atoms with Gasteiger partial charge >= 0.3 is 0 Å². The summed E-state index contributed by atoms with van der Waals surface area (Å²) in [5.74, 6) is -0.593. The van der Waals surface area contributed by atoms with Gasteiger partial charge in [-0.25, -0.2) is 8.78 Å². The molecule has 126 valence electrons. The lowest BCUT2D eigenvalue weighted by Crippen LogP contribution is -2.67. The molecule has 5 rings (SSSR count). The second kappa shape index (κ2) is 6.39. The fraction of sp³-hybridized carbons (Fsp3) is 0.389. The first-order valence-electron chi connectivity index (χ1n) is 8.10. The van der Waals surface area contributed by atoms with E-state index in [0.717, 1.165) is 37.3 Å². The van der Waals surface area contributed by atoms with Crippen molar-refractivity contribution in [1.29, 1.82) is 0 Å². The summed E-state index contributed by atoms with van der Waals surface area (Å²) in [5, 5.41) is 0.489. The fourth-order valence-corrected chi connectivity index (χ4v) is 4.04. The van der Waals surface area contributed by atoms with E-state index >= 15 is 0 Å².